The second-order valence-electron chi connectivity index (χ2n) is 5.11. The first-order valence-corrected chi connectivity index (χ1v) is 7.20. The molecule has 0 aliphatic heterocycles. The molecule has 1 heterocycles. The predicted octanol–water partition coefficient (Wildman–Crippen LogP) is 3.72. The predicted molar refractivity (Wildman–Crippen MR) is 93.5 cm³/mol. The Labute approximate surface area is 146 Å². The molecule has 0 unspecified atom stereocenters. The van der Waals surface area contributed by atoms with Gasteiger partial charge in [0.25, 0.3) is 0 Å². The average Bonchev–Trinajstić information content (AvgIpc) is 2.95. The first-order chi connectivity index (χ1) is 11.1. The van der Waals surface area contributed by atoms with E-state index in [2.05, 4.69) is 10.2 Å². The zero-order chi connectivity index (χ0) is 16.2. The molecule has 3 aromatic rings. The number of rotatable bonds is 5. The molecule has 24 heavy (non-hydrogen) atoms. The van der Waals surface area contributed by atoms with Crippen molar-refractivity contribution in [3.63, 3.8) is 0 Å². The van der Waals surface area contributed by atoms with Gasteiger partial charge >= 0.3 is 0 Å². The van der Waals surface area contributed by atoms with E-state index >= 15 is 0 Å². The lowest BCUT2D eigenvalue weighted by molar-refractivity contribution is 0.291. The largest absolute Gasteiger partial charge is 0.486 e. The number of nitrogens with zero attached hydrogens (tertiary/aromatic N) is 4. The maximum Gasteiger partial charge on any atom is 0.231 e. The maximum atomic E-state index is 13.0. The number of aromatic nitrogens is 3. The monoisotopic (exact) mass is 348 g/mol. The Kier molecular flexibility index (Phi) is 5.76. The minimum atomic E-state index is -0.267. The first-order valence-electron chi connectivity index (χ1n) is 7.20. The van der Waals surface area contributed by atoms with E-state index < -0.39 is 0 Å². The Morgan fingerprint density at radius 1 is 1.04 bits per heavy atom. The van der Waals surface area contributed by atoms with Gasteiger partial charge in [-0.25, -0.2) is 4.39 Å². The lowest BCUT2D eigenvalue weighted by atomic mass is 10.3. The van der Waals surface area contributed by atoms with E-state index in [-0.39, 0.29) is 18.2 Å². The second-order valence-corrected chi connectivity index (χ2v) is 5.11. The molecule has 0 aliphatic rings. The lowest BCUT2D eigenvalue weighted by Gasteiger charge is -2.18. The third-order valence-electron chi connectivity index (χ3n) is 3.57. The third-order valence-corrected chi connectivity index (χ3v) is 3.57. The van der Waals surface area contributed by atoms with Gasteiger partial charge in [0.15, 0.2) is 5.82 Å². The topological polar surface area (TPSA) is 43.2 Å². The molecule has 0 saturated carbocycles. The van der Waals surface area contributed by atoms with Crippen LogP contribution < -0.4 is 9.64 Å². The molecule has 1 aromatic heterocycles. The molecule has 3 rings (SSSR count). The van der Waals surface area contributed by atoms with Gasteiger partial charge in [0.05, 0.1) is 0 Å². The summed E-state index contributed by atoms with van der Waals surface area (Å²) in [4.78, 5) is 1.85. The van der Waals surface area contributed by atoms with Crippen molar-refractivity contribution in [2.75, 3.05) is 11.9 Å². The Hall–Kier alpha value is -2.60. The van der Waals surface area contributed by atoms with Crippen molar-refractivity contribution in [3.05, 3.63) is 66.2 Å². The van der Waals surface area contributed by atoms with Crippen molar-refractivity contribution in [2.24, 2.45) is 7.05 Å². The van der Waals surface area contributed by atoms with Crippen LogP contribution in [0.1, 0.15) is 5.82 Å². The molecule has 126 valence electrons. The normalized spacial score (nSPS) is 10.1. The maximum absolute atomic E-state index is 13.0. The third kappa shape index (κ3) is 3.83. The number of para-hydroxylation sites is 1. The summed E-state index contributed by atoms with van der Waals surface area (Å²) in [6.45, 7) is 0.324. The average molecular weight is 349 g/mol. The summed E-state index contributed by atoms with van der Waals surface area (Å²) >= 11 is 0. The van der Waals surface area contributed by atoms with Crippen molar-refractivity contribution < 1.29 is 9.13 Å². The van der Waals surface area contributed by atoms with Crippen LogP contribution in [0, 0.1) is 5.82 Å². The molecular formula is C17H18ClFN4O. The molecular weight excluding hydrogens is 331 g/mol. The summed E-state index contributed by atoms with van der Waals surface area (Å²) in [6.07, 6.45) is 0. The molecule has 7 heteroatoms. The molecule has 0 amide bonds. The molecule has 0 fully saturated rings. The van der Waals surface area contributed by atoms with Crippen molar-refractivity contribution in [3.8, 4) is 5.75 Å². The number of hydrogen-bond acceptors (Lipinski definition) is 4. The second kappa shape index (κ2) is 7.79. The first kappa shape index (κ1) is 17.7. The van der Waals surface area contributed by atoms with E-state index in [4.69, 9.17) is 4.74 Å². The van der Waals surface area contributed by atoms with Crippen LogP contribution in [-0.4, -0.2) is 21.8 Å². The highest BCUT2D eigenvalue weighted by Gasteiger charge is 2.14. The molecule has 0 radical (unpaired) electrons. The molecule has 0 spiro atoms. The Morgan fingerprint density at radius 3 is 2.38 bits per heavy atom. The van der Waals surface area contributed by atoms with Crippen molar-refractivity contribution in [1.29, 1.82) is 0 Å². The van der Waals surface area contributed by atoms with Crippen molar-refractivity contribution in [1.82, 2.24) is 14.8 Å². The Balaban J connectivity index is 0.00000208. The standard InChI is InChI=1S/C17H17FN4O.ClH/c1-21(14-10-8-13(18)9-11-14)17-20-19-16(22(17)2)12-23-15-6-4-3-5-7-15;/h3-11H,12H2,1-2H3;1H. The van der Waals surface area contributed by atoms with Gasteiger partial charge in [-0.3, -0.25) is 4.57 Å². The molecule has 0 atom stereocenters. The van der Waals surface area contributed by atoms with E-state index in [1.807, 2.05) is 53.9 Å². The van der Waals surface area contributed by atoms with E-state index in [0.717, 1.165) is 11.4 Å². The van der Waals surface area contributed by atoms with E-state index in [0.29, 0.717) is 18.4 Å². The highest BCUT2D eigenvalue weighted by Crippen LogP contribution is 2.22. The van der Waals surface area contributed by atoms with Gasteiger partial charge in [-0.05, 0) is 36.4 Å². The van der Waals surface area contributed by atoms with Gasteiger partial charge in [-0.2, -0.15) is 0 Å². The lowest BCUT2D eigenvalue weighted by Crippen LogP contribution is -2.15. The van der Waals surface area contributed by atoms with Gasteiger partial charge in [0.2, 0.25) is 5.95 Å². The van der Waals surface area contributed by atoms with Crippen LogP contribution in [0.5, 0.6) is 5.75 Å². The molecule has 0 N–H and O–H groups in total. The van der Waals surface area contributed by atoms with Crippen LogP contribution in [0.4, 0.5) is 16.0 Å². The number of halogens is 2. The van der Waals surface area contributed by atoms with Gasteiger partial charge in [-0.15, -0.1) is 22.6 Å². The highest BCUT2D eigenvalue weighted by atomic mass is 35.5. The summed E-state index contributed by atoms with van der Waals surface area (Å²) in [6, 6.07) is 15.8. The molecule has 5 nitrogen and oxygen atoms in total. The number of hydrogen-bond donors (Lipinski definition) is 0. The van der Waals surface area contributed by atoms with Crippen LogP contribution in [-0.2, 0) is 13.7 Å². The summed E-state index contributed by atoms with van der Waals surface area (Å²) in [5, 5.41) is 8.36. The van der Waals surface area contributed by atoms with E-state index in [1.165, 1.54) is 12.1 Å². The SMILES string of the molecule is CN(c1ccc(F)cc1)c1nnc(COc2ccccc2)n1C.Cl. The van der Waals surface area contributed by atoms with Crippen LogP contribution in [0.15, 0.2) is 54.6 Å². The highest BCUT2D eigenvalue weighted by molar-refractivity contribution is 5.85. The summed E-state index contributed by atoms with van der Waals surface area (Å²) in [7, 11) is 3.73. The Bertz CT molecular complexity index is 777. The smallest absolute Gasteiger partial charge is 0.231 e. The van der Waals surface area contributed by atoms with Crippen LogP contribution >= 0.6 is 12.4 Å². The van der Waals surface area contributed by atoms with Gasteiger partial charge in [-0.1, -0.05) is 18.2 Å². The quantitative estimate of drug-likeness (QED) is 0.704. The van der Waals surface area contributed by atoms with Crippen LogP contribution in [0.3, 0.4) is 0 Å². The van der Waals surface area contributed by atoms with Gasteiger partial charge in [0.1, 0.15) is 18.2 Å². The van der Waals surface area contributed by atoms with Crippen LogP contribution in [0.25, 0.3) is 0 Å². The Morgan fingerprint density at radius 2 is 1.71 bits per heavy atom. The number of anilines is 2. The summed E-state index contributed by atoms with van der Waals surface area (Å²) in [5.74, 6) is 1.88. The zero-order valence-electron chi connectivity index (χ0n) is 13.4. The molecule has 0 saturated heterocycles. The molecule has 0 bridgehead atoms. The van der Waals surface area contributed by atoms with Gasteiger partial charge in [0, 0.05) is 19.8 Å². The summed E-state index contributed by atoms with van der Waals surface area (Å²) < 4.78 is 20.6. The van der Waals surface area contributed by atoms with Crippen LogP contribution in [0.2, 0.25) is 0 Å². The van der Waals surface area contributed by atoms with E-state index in [9.17, 15) is 4.39 Å². The minimum Gasteiger partial charge on any atom is -0.486 e. The zero-order valence-corrected chi connectivity index (χ0v) is 14.2. The minimum absolute atomic E-state index is 0. The summed E-state index contributed by atoms with van der Waals surface area (Å²) in [5.41, 5.74) is 0.831. The fourth-order valence-corrected chi connectivity index (χ4v) is 2.21. The van der Waals surface area contributed by atoms with Gasteiger partial charge < -0.3 is 9.64 Å². The number of benzene rings is 2. The van der Waals surface area contributed by atoms with Crippen molar-refractivity contribution in [2.45, 2.75) is 6.61 Å². The number of ether oxygens (including phenoxy) is 1. The van der Waals surface area contributed by atoms with E-state index in [1.54, 1.807) is 12.1 Å². The molecule has 0 aliphatic carbocycles. The fraction of sp³-hybridized carbons (Fsp3) is 0.176. The molecule has 2 aromatic carbocycles. The fourth-order valence-electron chi connectivity index (χ4n) is 2.21. The van der Waals surface area contributed by atoms with Crippen molar-refractivity contribution >= 4 is 24.0 Å².